The van der Waals surface area contributed by atoms with Gasteiger partial charge in [-0.15, -0.1) is 0 Å². The minimum Gasteiger partial charge on any atom is -0.480 e. The number of carboxylic acids is 1. The highest BCUT2D eigenvalue weighted by Crippen LogP contribution is 2.44. The number of aliphatic hydroxyl groups is 1. The Morgan fingerprint density at radius 2 is 1.62 bits per heavy atom. The van der Waals surface area contributed by atoms with Crippen molar-refractivity contribution in [2.24, 2.45) is 0 Å². The number of nitrogens with one attached hydrogen (secondary N) is 2. The molecule has 1 saturated carbocycles. The van der Waals surface area contributed by atoms with Crippen molar-refractivity contribution in [1.29, 1.82) is 0 Å². The molecule has 8 heteroatoms. The van der Waals surface area contributed by atoms with Gasteiger partial charge in [-0.3, -0.25) is 4.79 Å². The fraction of sp³-hybridized carbons (Fsp3) is 0.375. The summed E-state index contributed by atoms with van der Waals surface area (Å²) in [5.41, 5.74) is 3.75. The van der Waals surface area contributed by atoms with E-state index in [4.69, 9.17) is 14.9 Å². The van der Waals surface area contributed by atoms with Crippen LogP contribution in [0.2, 0.25) is 0 Å². The topological polar surface area (TPSA) is 125 Å². The van der Waals surface area contributed by atoms with Crippen LogP contribution in [0.3, 0.4) is 0 Å². The molecule has 32 heavy (non-hydrogen) atoms. The molecule has 2 amide bonds. The molecule has 168 valence electrons. The standard InChI is InChI=1S/C24H26N2O6/c27-13-20(22(29)30)25-21(28)12-24(10-5-11-24)26-23(31)32-14-19-17-8-3-1-6-15(17)16-7-2-4-9-18(16)19/h1-4,6-9,19-20,27H,5,10-14H2,(H,25,28)(H,26,31)(H,29,30). The van der Waals surface area contributed by atoms with Crippen molar-refractivity contribution in [2.45, 2.75) is 43.2 Å². The van der Waals surface area contributed by atoms with Crippen LogP contribution in [-0.2, 0) is 14.3 Å². The molecule has 1 unspecified atom stereocenters. The van der Waals surface area contributed by atoms with Crippen molar-refractivity contribution < 1.29 is 29.3 Å². The first-order valence-corrected chi connectivity index (χ1v) is 10.7. The van der Waals surface area contributed by atoms with Gasteiger partial charge < -0.3 is 25.6 Å². The van der Waals surface area contributed by atoms with E-state index in [1.165, 1.54) is 0 Å². The number of aliphatic carboxylic acids is 1. The summed E-state index contributed by atoms with van der Waals surface area (Å²) in [4.78, 5) is 35.9. The molecule has 4 N–H and O–H groups in total. The van der Waals surface area contributed by atoms with Crippen LogP contribution >= 0.6 is 0 Å². The maximum absolute atomic E-state index is 12.6. The highest BCUT2D eigenvalue weighted by atomic mass is 16.5. The molecule has 0 aromatic heterocycles. The third-order valence-corrected chi connectivity index (χ3v) is 6.34. The average Bonchev–Trinajstić information content (AvgIpc) is 3.08. The first kappa shape index (κ1) is 21.8. The zero-order valence-corrected chi connectivity index (χ0v) is 17.5. The van der Waals surface area contributed by atoms with Crippen LogP contribution in [0.5, 0.6) is 0 Å². The molecule has 0 spiro atoms. The Labute approximate surface area is 185 Å². The average molecular weight is 438 g/mol. The fourth-order valence-corrected chi connectivity index (χ4v) is 4.54. The van der Waals surface area contributed by atoms with E-state index in [1.54, 1.807) is 0 Å². The molecule has 1 atom stereocenters. The van der Waals surface area contributed by atoms with Crippen LogP contribution in [-0.4, -0.2) is 53.0 Å². The molecular formula is C24H26N2O6. The van der Waals surface area contributed by atoms with Gasteiger partial charge in [0.2, 0.25) is 5.91 Å². The molecule has 8 nitrogen and oxygen atoms in total. The van der Waals surface area contributed by atoms with Crippen molar-refractivity contribution >= 4 is 18.0 Å². The Balaban J connectivity index is 1.37. The molecule has 2 aliphatic carbocycles. The minimum absolute atomic E-state index is 0.0605. The number of alkyl carbamates (subject to hydrolysis) is 1. The van der Waals surface area contributed by atoms with Crippen LogP contribution < -0.4 is 10.6 Å². The number of carboxylic acid groups (broad SMARTS) is 1. The van der Waals surface area contributed by atoms with Crippen LogP contribution in [0, 0.1) is 0 Å². The second-order valence-corrected chi connectivity index (χ2v) is 8.40. The second kappa shape index (κ2) is 9.00. The monoisotopic (exact) mass is 438 g/mol. The number of amides is 2. The molecule has 0 heterocycles. The summed E-state index contributed by atoms with van der Waals surface area (Å²) >= 11 is 0. The second-order valence-electron chi connectivity index (χ2n) is 8.40. The van der Waals surface area contributed by atoms with E-state index in [1.807, 2.05) is 36.4 Å². The fourth-order valence-electron chi connectivity index (χ4n) is 4.54. The summed E-state index contributed by atoms with van der Waals surface area (Å²) in [5, 5.41) is 23.2. The largest absolute Gasteiger partial charge is 0.480 e. The number of hydrogen-bond acceptors (Lipinski definition) is 5. The third-order valence-electron chi connectivity index (χ3n) is 6.34. The van der Waals surface area contributed by atoms with E-state index in [-0.39, 0.29) is 18.9 Å². The molecule has 2 aromatic rings. The lowest BCUT2D eigenvalue weighted by atomic mass is 9.74. The Bertz CT molecular complexity index is 987. The number of fused-ring (bicyclic) bond motifs is 3. The molecule has 1 fully saturated rings. The van der Waals surface area contributed by atoms with Gasteiger partial charge >= 0.3 is 12.1 Å². The summed E-state index contributed by atoms with van der Waals surface area (Å²) < 4.78 is 5.58. The summed E-state index contributed by atoms with van der Waals surface area (Å²) in [5.74, 6) is -1.91. The first-order valence-electron chi connectivity index (χ1n) is 10.7. The van der Waals surface area contributed by atoms with Crippen LogP contribution in [0.25, 0.3) is 11.1 Å². The molecular weight excluding hydrogens is 412 g/mol. The highest BCUT2D eigenvalue weighted by Gasteiger charge is 2.41. The lowest BCUT2D eigenvalue weighted by molar-refractivity contribution is -0.143. The summed E-state index contributed by atoms with van der Waals surface area (Å²) in [6, 6.07) is 14.8. The van der Waals surface area contributed by atoms with Gasteiger partial charge in [0.25, 0.3) is 0 Å². The molecule has 2 aliphatic rings. The van der Waals surface area contributed by atoms with Gasteiger partial charge in [0.15, 0.2) is 0 Å². The first-order chi connectivity index (χ1) is 15.4. The van der Waals surface area contributed by atoms with Crippen molar-refractivity contribution in [3.63, 3.8) is 0 Å². The smallest absolute Gasteiger partial charge is 0.407 e. The number of hydrogen-bond donors (Lipinski definition) is 4. The van der Waals surface area contributed by atoms with Crippen molar-refractivity contribution in [3.05, 3.63) is 59.7 Å². The van der Waals surface area contributed by atoms with Crippen LogP contribution in [0.4, 0.5) is 4.79 Å². The van der Waals surface area contributed by atoms with Crippen LogP contribution in [0.15, 0.2) is 48.5 Å². The van der Waals surface area contributed by atoms with Crippen molar-refractivity contribution in [2.75, 3.05) is 13.2 Å². The molecule has 0 radical (unpaired) electrons. The maximum atomic E-state index is 12.6. The van der Waals surface area contributed by atoms with Crippen molar-refractivity contribution in [3.8, 4) is 11.1 Å². The lowest BCUT2D eigenvalue weighted by Gasteiger charge is -2.41. The summed E-state index contributed by atoms with van der Waals surface area (Å²) in [6.45, 7) is -0.526. The van der Waals surface area contributed by atoms with Gasteiger partial charge in [0.1, 0.15) is 12.6 Å². The minimum atomic E-state index is -1.37. The number of rotatable bonds is 8. The summed E-state index contributed by atoms with van der Waals surface area (Å²) in [6.07, 6.45) is 1.37. The SMILES string of the molecule is O=C(CC1(NC(=O)OCC2c3ccccc3-c3ccccc32)CCC1)NC(CO)C(=O)O. The van der Waals surface area contributed by atoms with Crippen LogP contribution in [0.1, 0.15) is 42.7 Å². The third kappa shape index (κ3) is 4.31. The molecule has 4 rings (SSSR count). The highest BCUT2D eigenvalue weighted by molar-refractivity contribution is 5.85. The zero-order valence-electron chi connectivity index (χ0n) is 17.5. The zero-order chi connectivity index (χ0) is 22.7. The number of ether oxygens (including phenoxy) is 1. The van der Waals surface area contributed by atoms with E-state index < -0.39 is 36.2 Å². The predicted molar refractivity (Wildman–Crippen MR) is 116 cm³/mol. The molecule has 0 aliphatic heterocycles. The normalized spacial score (nSPS) is 16.8. The van der Waals surface area contributed by atoms with E-state index in [9.17, 15) is 14.4 Å². The number of benzene rings is 2. The van der Waals surface area contributed by atoms with E-state index >= 15 is 0 Å². The number of carbonyl (C=O) groups is 3. The van der Waals surface area contributed by atoms with E-state index in [0.717, 1.165) is 28.7 Å². The molecule has 0 bridgehead atoms. The number of aliphatic hydroxyl groups excluding tert-OH is 1. The lowest BCUT2D eigenvalue weighted by Crippen LogP contribution is -2.57. The van der Waals surface area contributed by atoms with Gasteiger partial charge in [0, 0.05) is 12.3 Å². The Kier molecular flexibility index (Phi) is 6.14. The summed E-state index contributed by atoms with van der Waals surface area (Å²) in [7, 11) is 0. The molecule has 2 aromatic carbocycles. The number of carbonyl (C=O) groups excluding carboxylic acids is 2. The van der Waals surface area contributed by atoms with Gasteiger partial charge in [-0.2, -0.15) is 0 Å². The Hall–Kier alpha value is -3.39. The molecule has 0 saturated heterocycles. The van der Waals surface area contributed by atoms with Gasteiger partial charge in [-0.1, -0.05) is 48.5 Å². The predicted octanol–water partition coefficient (Wildman–Crippen LogP) is 2.40. The van der Waals surface area contributed by atoms with Crippen molar-refractivity contribution in [1.82, 2.24) is 10.6 Å². The maximum Gasteiger partial charge on any atom is 0.407 e. The van der Waals surface area contributed by atoms with E-state index in [2.05, 4.69) is 22.8 Å². The van der Waals surface area contributed by atoms with Gasteiger partial charge in [-0.25, -0.2) is 9.59 Å². The van der Waals surface area contributed by atoms with Gasteiger partial charge in [-0.05, 0) is 41.5 Å². The van der Waals surface area contributed by atoms with E-state index in [0.29, 0.717) is 12.8 Å². The quantitative estimate of drug-likeness (QED) is 0.502. The van der Waals surface area contributed by atoms with Gasteiger partial charge in [0.05, 0.1) is 12.1 Å². The Morgan fingerprint density at radius 3 is 2.12 bits per heavy atom. The Morgan fingerprint density at radius 1 is 1.03 bits per heavy atom.